The van der Waals surface area contributed by atoms with Gasteiger partial charge in [0.2, 0.25) is 0 Å². The van der Waals surface area contributed by atoms with E-state index in [-0.39, 0.29) is 18.1 Å². The SMILES string of the molecule is CCOc1cccc(CNC)c1OCC(=O)NC(C)(C)C. The summed E-state index contributed by atoms with van der Waals surface area (Å²) in [7, 11) is 1.86. The fraction of sp³-hybridized carbons (Fsp3) is 0.562. The molecule has 0 spiro atoms. The van der Waals surface area contributed by atoms with Crippen molar-refractivity contribution < 1.29 is 14.3 Å². The number of carbonyl (C=O) groups is 1. The lowest BCUT2D eigenvalue weighted by molar-refractivity contribution is -0.124. The molecular weight excluding hydrogens is 268 g/mol. The van der Waals surface area contributed by atoms with Crippen LogP contribution < -0.4 is 20.1 Å². The zero-order valence-electron chi connectivity index (χ0n) is 13.6. The van der Waals surface area contributed by atoms with E-state index in [0.717, 1.165) is 5.56 Å². The quantitative estimate of drug-likeness (QED) is 0.808. The largest absolute Gasteiger partial charge is 0.490 e. The third-order valence-corrected chi connectivity index (χ3v) is 2.59. The van der Waals surface area contributed by atoms with Crippen LogP contribution in [-0.4, -0.2) is 31.7 Å². The number of rotatable bonds is 7. The number of carbonyl (C=O) groups excluding carboxylic acids is 1. The first-order valence-corrected chi connectivity index (χ1v) is 7.20. The molecule has 1 rings (SSSR count). The molecule has 1 aromatic rings. The van der Waals surface area contributed by atoms with E-state index in [4.69, 9.17) is 9.47 Å². The van der Waals surface area contributed by atoms with Crippen LogP contribution in [0.3, 0.4) is 0 Å². The summed E-state index contributed by atoms with van der Waals surface area (Å²) in [5, 5.41) is 5.96. The summed E-state index contributed by atoms with van der Waals surface area (Å²) in [5.74, 6) is 1.13. The van der Waals surface area contributed by atoms with Gasteiger partial charge in [-0.1, -0.05) is 12.1 Å². The number of ether oxygens (including phenoxy) is 2. The van der Waals surface area contributed by atoms with Gasteiger partial charge in [0.25, 0.3) is 5.91 Å². The van der Waals surface area contributed by atoms with E-state index in [1.807, 2.05) is 52.9 Å². The van der Waals surface area contributed by atoms with Crippen LogP contribution in [0.4, 0.5) is 0 Å². The highest BCUT2D eigenvalue weighted by Gasteiger charge is 2.16. The Hall–Kier alpha value is -1.75. The number of hydrogen-bond acceptors (Lipinski definition) is 4. The van der Waals surface area contributed by atoms with E-state index in [9.17, 15) is 4.79 Å². The van der Waals surface area contributed by atoms with E-state index >= 15 is 0 Å². The predicted molar refractivity (Wildman–Crippen MR) is 83.8 cm³/mol. The number of amides is 1. The van der Waals surface area contributed by atoms with Crippen molar-refractivity contribution in [2.24, 2.45) is 0 Å². The van der Waals surface area contributed by atoms with Crippen LogP contribution in [-0.2, 0) is 11.3 Å². The fourth-order valence-corrected chi connectivity index (χ4v) is 1.92. The summed E-state index contributed by atoms with van der Waals surface area (Å²) in [6.45, 7) is 8.89. The Morgan fingerprint density at radius 3 is 2.52 bits per heavy atom. The van der Waals surface area contributed by atoms with Gasteiger partial charge in [0, 0.05) is 17.6 Å². The Bertz CT molecular complexity index is 443. The molecule has 0 radical (unpaired) electrons. The van der Waals surface area contributed by atoms with Crippen LogP contribution in [0.5, 0.6) is 11.5 Å². The Balaban J connectivity index is 2.82. The number of hydrogen-bond donors (Lipinski definition) is 2. The molecule has 0 aromatic heterocycles. The lowest BCUT2D eigenvalue weighted by Gasteiger charge is -2.21. The Labute approximate surface area is 127 Å². The zero-order valence-corrected chi connectivity index (χ0v) is 13.6. The van der Waals surface area contributed by atoms with Crippen molar-refractivity contribution in [3.63, 3.8) is 0 Å². The van der Waals surface area contributed by atoms with Crippen molar-refractivity contribution in [1.29, 1.82) is 0 Å². The van der Waals surface area contributed by atoms with Gasteiger partial charge in [-0.25, -0.2) is 0 Å². The summed E-state index contributed by atoms with van der Waals surface area (Å²) in [5.41, 5.74) is 0.695. The van der Waals surface area contributed by atoms with Crippen LogP contribution in [0, 0.1) is 0 Å². The molecular formula is C16H26N2O3. The standard InChI is InChI=1S/C16H26N2O3/c1-6-20-13-9-7-8-12(10-17-5)15(13)21-11-14(19)18-16(2,3)4/h7-9,17H,6,10-11H2,1-5H3,(H,18,19). The molecule has 5 nitrogen and oxygen atoms in total. The minimum absolute atomic E-state index is 0.0297. The molecule has 0 atom stereocenters. The maximum absolute atomic E-state index is 11.9. The van der Waals surface area contributed by atoms with Crippen LogP contribution in [0.2, 0.25) is 0 Å². The minimum atomic E-state index is -0.270. The summed E-state index contributed by atoms with van der Waals surface area (Å²) in [6.07, 6.45) is 0. The molecule has 0 aliphatic carbocycles. The zero-order chi connectivity index (χ0) is 15.9. The molecule has 0 saturated heterocycles. The van der Waals surface area contributed by atoms with Gasteiger partial charge in [-0.05, 0) is 40.8 Å². The van der Waals surface area contributed by atoms with Gasteiger partial charge in [0.05, 0.1) is 6.61 Å². The minimum Gasteiger partial charge on any atom is -0.490 e. The van der Waals surface area contributed by atoms with Gasteiger partial charge >= 0.3 is 0 Å². The fourth-order valence-electron chi connectivity index (χ4n) is 1.92. The second kappa shape index (κ2) is 7.88. The monoisotopic (exact) mass is 294 g/mol. The predicted octanol–water partition coefficient (Wildman–Crippen LogP) is 2.10. The Kier molecular flexibility index (Phi) is 6.49. The van der Waals surface area contributed by atoms with Crippen LogP contribution in [0.15, 0.2) is 18.2 Å². The van der Waals surface area contributed by atoms with Crippen molar-refractivity contribution in [3.05, 3.63) is 23.8 Å². The summed E-state index contributed by atoms with van der Waals surface area (Å²) in [6, 6.07) is 5.72. The average Bonchev–Trinajstić information content (AvgIpc) is 2.36. The molecule has 1 aromatic carbocycles. The van der Waals surface area contributed by atoms with E-state index in [1.165, 1.54) is 0 Å². The van der Waals surface area contributed by atoms with Gasteiger partial charge in [0.15, 0.2) is 18.1 Å². The lowest BCUT2D eigenvalue weighted by atomic mass is 10.1. The maximum atomic E-state index is 11.9. The molecule has 0 aliphatic rings. The van der Waals surface area contributed by atoms with E-state index in [2.05, 4.69) is 10.6 Å². The molecule has 0 saturated carbocycles. The van der Waals surface area contributed by atoms with Gasteiger partial charge in [-0.15, -0.1) is 0 Å². The lowest BCUT2D eigenvalue weighted by Crippen LogP contribution is -2.43. The summed E-state index contributed by atoms with van der Waals surface area (Å²) in [4.78, 5) is 11.9. The van der Waals surface area contributed by atoms with E-state index in [0.29, 0.717) is 24.7 Å². The van der Waals surface area contributed by atoms with Crippen molar-refractivity contribution in [2.45, 2.75) is 39.8 Å². The molecule has 118 valence electrons. The number of benzene rings is 1. The van der Waals surface area contributed by atoms with Crippen molar-refractivity contribution in [1.82, 2.24) is 10.6 Å². The van der Waals surface area contributed by atoms with Crippen LogP contribution >= 0.6 is 0 Å². The highest BCUT2D eigenvalue weighted by molar-refractivity contribution is 5.78. The normalized spacial score (nSPS) is 11.1. The smallest absolute Gasteiger partial charge is 0.258 e. The van der Waals surface area contributed by atoms with Crippen molar-refractivity contribution in [2.75, 3.05) is 20.3 Å². The van der Waals surface area contributed by atoms with Gasteiger partial charge in [-0.3, -0.25) is 4.79 Å². The van der Waals surface area contributed by atoms with Gasteiger partial charge < -0.3 is 20.1 Å². The van der Waals surface area contributed by atoms with Gasteiger partial charge in [-0.2, -0.15) is 0 Å². The van der Waals surface area contributed by atoms with Crippen LogP contribution in [0.25, 0.3) is 0 Å². The highest BCUT2D eigenvalue weighted by atomic mass is 16.5. The van der Waals surface area contributed by atoms with Gasteiger partial charge in [0.1, 0.15) is 0 Å². The molecule has 0 heterocycles. The number of nitrogens with one attached hydrogen (secondary N) is 2. The van der Waals surface area contributed by atoms with E-state index < -0.39 is 0 Å². The van der Waals surface area contributed by atoms with Crippen molar-refractivity contribution >= 4 is 5.91 Å². The molecule has 0 unspecified atom stereocenters. The molecule has 5 heteroatoms. The second-order valence-electron chi connectivity index (χ2n) is 5.79. The molecule has 1 amide bonds. The first-order chi connectivity index (χ1) is 9.87. The van der Waals surface area contributed by atoms with E-state index in [1.54, 1.807) is 0 Å². The molecule has 21 heavy (non-hydrogen) atoms. The molecule has 2 N–H and O–H groups in total. The number of para-hydroxylation sites is 1. The Morgan fingerprint density at radius 1 is 1.24 bits per heavy atom. The summed E-state index contributed by atoms with van der Waals surface area (Å²) >= 11 is 0. The molecule has 0 fully saturated rings. The second-order valence-corrected chi connectivity index (χ2v) is 5.79. The maximum Gasteiger partial charge on any atom is 0.258 e. The summed E-state index contributed by atoms with van der Waals surface area (Å²) < 4.78 is 11.3. The molecule has 0 bridgehead atoms. The third-order valence-electron chi connectivity index (χ3n) is 2.59. The third kappa shape index (κ3) is 6.04. The molecule has 0 aliphatic heterocycles. The van der Waals surface area contributed by atoms with Crippen LogP contribution in [0.1, 0.15) is 33.3 Å². The van der Waals surface area contributed by atoms with Crippen molar-refractivity contribution in [3.8, 4) is 11.5 Å². The first kappa shape index (κ1) is 17.3. The average molecular weight is 294 g/mol. The first-order valence-electron chi connectivity index (χ1n) is 7.20. The highest BCUT2D eigenvalue weighted by Crippen LogP contribution is 2.31. The Morgan fingerprint density at radius 2 is 1.95 bits per heavy atom. The topological polar surface area (TPSA) is 59.6 Å².